The number of carbonyl (C=O) groups excluding carboxylic acids is 1. The second-order valence-corrected chi connectivity index (χ2v) is 4.79. The van der Waals surface area contributed by atoms with Crippen molar-refractivity contribution < 1.29 is 4.79 Å². The first-order chi connectivity index (χ1) is 7.93. The van der Waals surface area contributed by atoms with Crippen LogP contribution in [0.25, 0.3) is 0 Å². The zero-order chi connectivity index (χ0) is 13.0. The van der Waals surface area contributed by atoms with Gasteiger partial charge >= 0.3 is 6.03 Å². The van der Waals surface area contributed by atoms with Crippen LogP contribution in [0.2, 0.25) is 10.0 Å². The molecule has 1 unspecified atom stereocenters. The zero-order valence-corrected chi connectivity index (χ0v) is 11.6. The predicted octanol–water partition coefficient (Wildman–Crippen LogP) is 4.22. The number of carbonyl (C=O) groups is 1. The number of urea groups is 1. The summed E-state index contributed by atoms with van der Waals surface area (Å²) in [4.78, 5) is 11.6. The molecule has 3 nitrogen and oxygen atoms in total. The average molecular weight is 275 g/mol. The second kappa shape index (κ2) is 6.12. The van der Waals surface area contributed by atoms with Gasteiger partial charge in [0.15, 0.2) is 0 Å². The number of benzene rings is 1. The van der Waals surface area contributed by atoms with Gasteiger partial charge in [0, 0.05) is 21.8 Å². The first-order valence-corrected chi connectivity index (χ1v) is 6.22. The van der Waals surface area contributed by atoms with Crippen LogP contribution in [-0.4, -0.2) is 12.1 Å². The van der Waals surface area contributed by atoms with Gasteiger partial charge in [-0.15, -0.1) is 0 Å². The molecule has 2 N–H and O–H groups in total. The summed E-state index contributed by atoms with van der Waals surface area (Å²) in [5.41, 5.74) is 1.40. The molecule has 2 amide bonds. The average Bonchev–Trinajstić information content (AvgIpc) is 2.25. The molecule has 0 heterocycles. The Bertz CT molecular complexity index is 398. The number of anilines is 1. The summed E-state index contributed by atoms with van der Waals surface area (Å²) in [6.45, 7) is 5.77. The smallest absolute Gasteiger partial charge is 0.319 e. The molecule has 0 aliphatic heterocycles. The molecule has 0 aliphatic carbocycles. The van der Waals surface area contributed by atoms with Crippen LogP contribution in [0, 0.1) is 6.92 Å². The van der Waals surface area contributed by atoms with E-state index in [0.29, 0.717) is 15.7 Å². The maximum Gasteiger partial charge on any atom is 0.319 e. The van der Waals surface area contributed by atoms with Crippen LogP contribution >= 0.6 is 23.2 Å². The van der Waals surface area contributed by atoms with Gasteiger partial charge in [0.1, 0.15) is 0 Å². The molecule has 0 saturated carbocycles. The van der Waals surface area contributed by atoms with E-state index < -0.39 is 0 Å². The number of nitrogens with one attached hydrogen (secondary N) is 2. The summed E-state index contributed by atoms with van der Waals surface area (Å²) in [6, 6.07) is 3.24. The largest absolute Gasteiger partial charge is 0.335 e. The third kappa shape index (κ3) is 4.10. The Hall–Kier alpha value is -0.930. The molecule has 1 rings (SSSR count). The van der Waals surface area contributed by atoms with Crippen molar-refractivity contribution in [2.75, 3.05) is 5.32 Å². The lowest BCUT2D eigenvalue weighted by Gasteiger charge is -2.13. The fraction of sp³-hybridized carbons (Fsp3) is 0.417. The van der Waals surface area contributed by atoms with Gasteiger partial charge in [0.05, 0.1) is 0 Å². The molecule has 94 valence electrons. The summed E-state index contributed by atoms with van der Waals surface area (Å²) in [7, 11) is 0. The molecule has 17 heavy (non-hydrogen) atoms. The van der Waals surface area contributed by atoms with Crippen molar-refractivity contribution in [1.29, 1.82) is 0 Å². The van der Waals surface area contributed by atoms with E-state index in [4.69, 9.17) is 23.2 Å². The summed E-state index contributed by atoms with van der Waals surface area (Å²) >= 11 is 12.0. The number of hydrogen-bond donors (Lipinski definition) is 2. The van der Waals surface area contributed by atoms with E-state index in [2.05, 4.69) is 10.6 Å². The van der Waals surface area contributed by atoms with Crippen molar-refractivity contribution in [1.82, 2.24) is 5.32 Å². The van der Waals surface area contributed by atoms with Crippen LogP contribution in [0.15, 0.2) is 12.1 Å². The highest BCUT2D eigenvalue weighted by Gasteiger charge is 2.08. The fourth-order valence-corrected chi connectivity index (χ4v) is 1.70. The van der Waals surface area contributed by atoms with Gasteiger partial charge in [-0.05, 0) is 38.0 Å². The van der Waals surface area contributed by atoms with E-state index in [-0.39, 0.29) is 12.1 Å². The minimum absolute atomic E-state index is 0.131. The molecule has 0 radical (unpaired) electrons. The van der Waals surface area contributed by atoms with Crippen LogP contribution in [0.1, 0.15) is 25.8 Å². The lowest BCUT2D eigenvalue weighted by molar-refractivity contribution is 0.249. The molecule has 0 spiro atoms. The van der Waals surface area contributed by atoms with Crippen molar-refractivity contribution >= 4 is 34.9 Å². The van der Waals surface area contributed by atoms with Crippen molar-refractivity contribution in [3.05, 3.63) is 27.7 Å². The zero-order valence-electron chi connectivity index (χ0n) is 10.1. The van der Waals surface area contributed by atoms with Crippen LogP contribution in [0.3, 0.4) is 0 Å². The van der Waals surface area contributed by atoms with Gasteiger partial charge in [0.2, 0.25) is 0 Å². The first-order valence-electron chi connectivity index (χ1n) is 5.47. The van der Waals surface area contributed by atoms with Crippen LogP contribution in [-0.2, 0) is 0 Å². The minimum Gasteiger partial charge on any atom is -0.335 e. The lowest BCUT2D eigenvalue weighted by atomic mass is 10.2. The highest BCUT2D eigenvalue weighted by Crippen LogP contribution is 2.27. The van der Waals surface area contributed by atoms with Gasteiger partial charge in [-0.1, -0.05) is 30.1 Å². The van der Waals surface area contributed by atoms with Gasteiger partial charge in [-0.25, -0.2) is 4.79 Å². The summed E-state index contributed by atoms with van der Waals surface area (Å²) < 4.78 is 0. The number of halogens is 2. The highest BCUT2D eigenvalue weighted by molar-refractivity contribution is 6.36. The van der Waals surface area contributed by atoms with Crippen molar-refractivity contribution in [2.45, 2.75) is 33.2 Å². The standard InChI is InChI=1S/C12H16Cl2N2O/c1-4-7(2)15-12(17)16-9-5-10(13)8(3)11(14)6-9/h5-7H,4H2,1-3H3,(H2,15,16,17). The molecule has 0 bridgehead atoms. The molecule has 1 aromatic rings. The van der Waals surface area contributed by atoms with Crippen LogP contribution in [0.4, 0.5) is 10.5 Å². The quantitative estimate of drug-likeness (QED) is 0.851. The fourth-order valence-electron chi connectivity index (χ4n) is 1.21. The van der Waals surface area contributed by atoms with Gasteiger partial charge in [-0.3, -0.25) is 0 Å². The highest BCUT2D eigenvalue weighted by atomic mass is 35.5. The minimum atomic E-state index is -0.254. The normalized spacial score (nSPS) is 12.1. The Morgan fingerprint density at radius 2 is 1.88 bits per heavy atom. The molecule has 1 aromatic carbocycles. The Morgan fingerprint density at radius 1 is 1.35 bits per heavy atom. The molecule has 0 aromatic heterocycles. The molecule has 1 atom stereocenters. The topological polar surface area (TPSA) is 41.1 Å². The summed E-state index contributed by atoms with van der Waals surface area (Å²) in [5, 5.41) is 6.57. The van der Waals surface area contributed by atoms with E-state index in [1.54, 1.807) is 12.1 Å². The number of hydrogen-bond acceptors (Lipinski definition) is 1. The van der Waals surface area contributed by atoms with Gasteiger partial charge in [-0.2, -0.15) is 0 Å². The molecule has 0 saturated heterocycles. The number of rotatable bonds is 3. The Kier molecular flexibility index (Phi) is 5.09. The number of amides is 2. The van der Waals surface area contributed by atoms with E-state index in [0.717, 1.165) is 12.0 Å². The lowest BCUT2D eigenvalue weighted by Crippen LogP contribution is -2.35. The SMILES string of the molecule is CCC(C)NC(=O)Nc1cc(Cl)c(C)c(Cl)c1. The molecule has 0 fully saturated rings. The molecular formula is C12H16Cl2N2O. The molecular weight excluding hydrogens is 259 g/mol. The predicted molar refractivity (Wildman–Crippen MR) is 73.1 cm³/mol. The van der Waals surface area contributed by atoms with E-state index in [1.165, 1.54) is 0 Å². The molecule has 0 aliphatic rings. The van der Waals surface area contributed by atoms with E-state index in [9.17, 15) is 4.79 Å². The third-order valence-corrected chi connectivity index (χ3v) is 3.31. The van der Waals surface area contributed by atoms with E-state index in [1.807, 2.05) is 20.8 Å². The van der Waals surface area contributed by atoms with E-state index >= 15 is 0 Å². The third-order valence-electron chi connectivity index (χ3n) is 2.53. The monoisotopic (exact) mass is 274 g/mol. The Morgan fingerprint density at radius 3 is 2.35 bits per heavy atom. The van der Waals surface area contributed by atoms with Crippen molar-refractivity contribution in [3.8, 4) is 0 Å². The summed E-state index contributed by atoms with van der Waals surface area (Å²) in [6.07, 6.45) is 0.878. The first kappa shape index (κ1) is 14.1. The van der Waals surface area contributed by atoms with Crippen LogP contribution < -0.4 is 10.6 Å². The maximum absolute atomic E-state index is 11.6. The summed E-state index contributed by atoms with van der Waals surface area (Å²) in [5.74, 6) is 0. The van der Waals surface area contributed by atoms with Crippen LogP contribution in [0.5, 0.6) is 0 Å². The second-order valence-electron chi connectivity index (χ2n) is 3.97. The molecule has 5 heteroatoms. The van der Waals surface area contributed by atoms with Gasteiger partial charge in [0.25, 0.3) is 0 Å². The Labute approximate surface area is 111 Å². The maximum atomic E-state index is 11.6. The van der Waals surface area contributed by atoms with Gasteiger partial charge < -0.3 is 10.6 Å². The van der Waals surface area contributed by atoms with Crippen molar-refractivity contribution in [2.24, 2.45) is 0 Å². The van der Waals surface area contributed by atoms with Crippen molar-refractivity contribution in [3.63, 3.8) is 0 Å². The Balaban J connectivity index is 2.72.